The predicted octanol–water partition coefficient (Wildman–Crippen LogP) is 2.74. The van der Waals surface area contributed by atoms with Crippen molar-refractivity contribution in [1.82, 2.24) is 10.3 Å². The number of fused-ring (bicyclic) bond motifs is 1. The third-order valence-corrected chi connectivity index (χ3v) is 4.06. The number of carbonyl (C=O) groups excluding carboxylic acids is 1. The number of H-pyrrole nitrogens is 1. The molecule has 134 valence electrons. The van der Waals surface area contributed by atoms with Gasteiger partial charge in [0, 0.05) is 5.39 Å². The van der Waals surface area contributed by atoms with E-state index >= 15 is 0 Å². The van der Waals surface area contributed by atoms with Gasteiger partial charge in [-0.25, -0.2) is 4.79 Å². The van der Waals surface area contributed by atoms with Crippen molar-refractivity contribution < 1.29 is 24.2 Å². The minimum absolute atomic E-state index is 0.213. The zero-order valence-electron chi connectivity index (χ0n) is 14.3. The zero-order valence-corrected chi connectivity index (χ0v) is 14.3. The van der Waals surface area contributed by atoms with Crippen LogP contribution in [-0.4, -0.2) is 36.2 Å². The minimum Gasteiger partial charge on any atom is -0.496 e. The number of hydrogen-bond donors (Lipinski definition) is 3. The Bertz CT molecular complexity index is 908. The van der Waals surface area contributed by atoms with Gasteiger partial charge < -0.3 is 24.9 Å². The van der Waals surface area contributed by atoms with E-state index in [1.54, 1.807) is 48.5 Å². The molecule has 3 aromatic rings. The van der Waals surface area contributed by atoms with Gasteiger partial charge in [0.2, 0.25) is 0 Å². The van der Waals surface area contributed by atoms with Crippen LogP contribution < -0.4 is 14.8 Å². The number of carbonyl (C=O) groups is 2. The van der Waals surface area contributed by atoms with Gasteiger partial charge in [0.05, 0.1) is 19.7 Å². The van der Waals surface area contributed by atoms with E-state index < -0.39 is 17.9 Å². The molecule has 1 aromatic heterocycles. The van der Waals surface area contributed by atoms with Crippen LogP contribution >= 0.6 is 0 Å². The molecule has 1 amide bonds. The van der Waals surface area contributed by atoms with Gasteiger partial charge in [-0.15, -0.1) is 0 Å². The van der Waals surface area contributed by atoms with Gasteiger partial charge in [-0.3, -0.25) is 4.79 Å². The predicted molar refractivity (Wildman–Crippen MR) is 95.7 cm³/mol. The van der Waals surface area contributed by atoms with Crippen molar-refractivity contribution >= 4 is 22.8 Å². The number of methoxy groups -OCH3 is 2. The summed E-state index contributed by atoms with van der Waals surface area (Å²) in [4.78, 5) is 27.2. The fraction of sp³-hybridized carbons (Fsp3) is 0.158. The first-order valence-corrected chi connectivity index (χ1v) is 7.87. The van der Waals surface area contributed by atoms with Crippen LogP contribution in [0.25, 0.3) is 10.9 Å². The van der Waals surface area contributed by atoms with Crippen LogP contribution in [0.3, 0.4) is 0 Å². The first-order valence-electron chi connectivity index (χ1n) is 7.87. The summed E-state index contributed by atoms with van der Waals surface area (Å²) in [6, 6.07) is 12.4. The van der Waals surface area contributed by atoms with E-state index in [1.165, 1.54) is 14.2 Å². The summed E-state index contributed by atoms with van der Waals surface area (Å²) in [7, 11) is 3.06. The third-order valence-electron chi connectivity index (χ3n) is 4.06. The molecule has 0 radical (unpaired) electrons. The number of carboxylic acids is 1. The molecule has 0 aliphatic carbocycles. The van der Waals surface area contributed by atoms with E-state index in [-0.39, 0.29) is 5.69 Å². The van der Waals surface area contributed by atoms with E-state index in [0.29, 0.717) is 28.0 Å². The maximum absolute atomic E-state index is 12.6. The summed E-state index contributed by atoms with van der Waals surface area (Å²) in [5.74, 6) is -0.552. The highest BCUT2D eigenvalue weighted by Crippen LogP contribution is 2.33. The van der Waals surface area contributed by atoms with Gasteiger partial charge in [0.25, 0.3) is 5.91 Å². The molecule has 26 heavy (non-hydrogen) atoms. The number of aromatic amines is 1. The van der Waals surface area contributed by atoms with Crippen LogP contribution in [0, 0.1) is 0 Å². The van der Waals surface area contributed by atoms with Crippen molar-refractivity contribution in [3.63, 3.8) is 0 Å². The fourth-order valence-electron chi connectivity index (χ4n) is 2.78. The summed E-state index contributed by atoms with van der Waals surface area (Å²) in [6.07, 6.45) is 0. The van der Waals surface area contributed by atoms with E-state index in [2.05, 4.69) is 10.3 Å². The van der Waals surface area contributed by atoms with Gasteiger partial charge in [-0.05, 0) is 23.8 Å². The highest BCUT2D eigenvalue weighted by molar-refractivity contribution is 6.02. The third kappa shape index (κ3) is 3.19. The summed E-state index contributed by atoms with van der Waals surface area (Å²) in [5.41, 5.74) is 1.30. The van der Waals surface area contributed by atoms with Crippen LogP contribution in [0.2, 0.25) is 0 Å². The average Bonchev–Trinajstić information content (AvgIpc) is 3.11. The zero-order chi connectivity index (χ0) is 18.7. The first-order chi connectivity index (χ1) is 12.5. The highest BCUT2D eigenvalue weighted by Gasteiger charge is 2.24. The largest absolute Gasteiger partial charge is 0.496 e. The number of amides is 1. The molecule has 3 rings (SSSR count). The number of carboxylic acid groups (broad SMARTS) is 1. The summed E-state index contributed by atoms with van der Waals surface area (Å²) in [6.45, 7) is 0. The van der Waals surface area contributed by atoms with E-state index in [0.717, 1.165) is 0 Å². The maximum Gasteiger partial charge on any atom is 0.330 e. The van der Waals surface area contributed by atoms with Gasteiger partial charge in [0.1, 0.15) is 17.2 Å². The molecule has 2 aromatic carbocycles. The lowest BCUT2D eigenvalue weighted by molar-refractivity contribution is -0.139. The molecule has 0 fully saturated rings. The number of benzene rings is 2. The molecular weight excluding hydrogens is 336 g/mol. The molecule has 0 saturated heterocycles. The molecule has 7 nitrogen and oxygen atoms in total. The Balaban J connectivity index is 1.95. The first kappa shape index (κ1) is 17.3. The Hall–Kier alpha value is -3.48. The Labute approximate surface area is 149 Å². The number of rotatable bonds is 6. The number of nitrogens with one attached hydrogen (secondary N) is 2. The van der Waals surface area contributed by atoms with Crippen molar-refractivity contribution in [2.45, 2.75) is 6.04 Å². The minimum atomic E-state index is -1.15. The summed E-state index contributed by atoms with van der Waals surface area (Å²) < 4.78 is 10.6. The van der Waals surface area contributed by atoms with Crippen molar-refractivity contribution in [1.29, 1.82) is 0 Å². The Morgan fingerprint density at radius 2 is 1.69 bits per heavy atom. The van der Waals surface area contributed by atoms with Crippen molar-refractivity contribution in [2.75, 3.05) is 14.2 Å². The Morgan fingerprint density at radius 1 is 1.04 bits per heavy atom. The topological polar surface area (TPSA) is 101 Å². The van der Waals surface area contributed by atoms with E-state index in [1.807, 2.05) is 0 Å². The fourth-order valence-corrected chi connectivity index (χ4v) is 2.78. The van der Waals surface area contributed by atoms with Crippen LogP contribution in [0.4, 0.5) is 0 Å². The highest BCUT2D eigenvalue weighted by atomic mass is 16.5. The second kappa shape index (κ2) is 7.18. The molecule has 0 aliphatic heterocycles. The molecule has 0 spiro atoms. The molecule has 0 aliphatic rings. The molecule has 1 atom stereocenters. The lowest BCUT2D eigenvalue weighted by Gasteiger charge is -2.14. The van der Waals surface area contributed by atoms with Crippen LogP contribution in [0.1, 0.15) is 22.1 Å². The van der Waals surface area contributed by atoms with Crippen LogP contribution in [0.15, 0.2) is 48.5 Å². The molecular formula is C19H18N2O5. The van der Waals surface area contributed by atoms with Gasteiger partial charge >= 0.3 is 5.97 Å². The van der Waals surface area contributed by atoms with E-state index in [4.69, 9.17) is 9.47 Å². The number of ether oxygens (including phenoxy) is 2. The van der Waals surface area contributed by atoms with Crippen LogP contribution in [-0.2, 0) is 4.79 Å². The van der Waals surface area contributed by atoms with Crippen molar-refractivity contribution in [3.05, 3.63) is 59.8 Å². The quantitative estimate of drug-likeness (QED) is 0.632. The SMILES string of the molecule is COc1ccc(OC)c2[nH]c(C(=O)NC(C(=O)O)c3ccccc3)cc12. The molecule has 1 heterocycles. The molecule has 0 saturated carbocycles. The summed E-state index contributed by atoms with van der Waals surface area (Å²) >= 11 is 0. The molecule has 1 unspecified atom stereocenters. The number of aliphatic carboxylic acids is 1. The maximum atomic E-state index is 12.6. The lowest BCUT2D eigenvalue weighted by atomic mass is 10.1. The van der Waals surface area contributed by atoms with Crippen LogP contribution in [0.5, 0.6) is 11.5 Å². The normalized spacial score (nSPS) is 11.8. The van der Waals surface area contributed by atoms with Gasteiger partial charge in [0.15, 0.2) is 6.04 Å². The molecule has 0 bridgehead atoms. The average molecular weight is 354 g/mol. The Kier molecular flexibility index (Phi) is 4.79. The second-order valence-corrected chi connectivity index (χ2v) is 5.60. The second-order valence-electron chi connectivity index (χ2n) is 5.60. The van der Waals surface area contributed by atoms with Crippen molar-refractivity contribution in [3.8, 4) is 11.5 Å². The number of aromatic nitrogens is 1. The smallest absolute Gasteiger partial charge is 0.330 e. The van der Waals surface area contributed by atoms with Gasteiger partial charge in [-0.2, -0.15) is 0 Å². The monoisotopic (exact) mass is 354 g/mol. The molecule has 3 N–H and O–H groups in total. The Morgan fingerprint density at radius 3 is 2.31 bits per heavy atom. The van der Waals surface area contributed by atoms with E-state index in [9.17, 15) is 14.7 Å². The van der Waals surface area contributed by atoms with Crippen molar-refractivity contribution in [2.24, 2.45) is 0 Å². The standard InChI is InChI=1S/C19H18N2O5/c1-25-14-8-9-15(26-2)17-12(14)10-13(20-17)18(22)21-16(19(23)24)11-6-4-3-5-7-11/h3-10,16,20H,1-2H3,(H,21,22)(H,23,24). The molecule has 7 heteroatoms. The lowest BCUT2D eigenvalue weighted by Crippen LogP contribution is -2.33. The number of hydrogen-bond acceptors (Lipinski definition) is 4. The van der Waals surface area contributed by atoms with Gasteiger partial charge in [-0.1, -0.05) is 30.3 Å². The summed E-state index contributed by atoms with van der Waals surface area (Å²) in [5, 5.41) is 12.7.